The summed E-state index contributed by atoms with van der Waals surface area (Å²) >= 11 is 0. The maximum atomic E-state index is 13.0. The zero-order chi connectivity index (χ0) is 25.2. The van der Waals surface area contributed by atoms with Crippen LogP contribution in [0.1, 0.15) is 48.4 Å². The van der Waals surface area contributed by atoms with E-state index in [1.165, 1.54) is 42.5 Å². The minimum Gasteiger partial charge on any atom is -0.485 e. The van der Waals surface area contributed by atoms with Crippen molar-refractivity contribution in [1.82, 2.24) is 10.1 Å². The van der Waals surface area contributed by atoms with Crippen LogP contribution in [0, 0.1) is 12.7 Å². The average Bonchev–Trinajstić information content (AvgIpc) is 3.44. The molecule has 0 fully saturated rings. The number of aromatic nitrogens is 2. The number of nitrogens with zero attached hydrogens (tertiary/aromatic N) is 3. The van der Waals surface area contributed by atoms with Crippen molar-refractivity contribution in [3.63, 3.8) is 0 Å². The summed E-state index contributed by atoms with van der Waals surface area (Å²) in [7, 11) is 0. The number of esters is 1. The molecule has 9 nitrogen and oxygen atoms in total. The fourth-order valence-corrected chi connectivity index (χ4v) is 3.70. The van der Waals surface area contributed by atoms with Crippen LogP contribution in [0.2, 0.25) is 0 Å². The van der Waals surface area contributed by atoms with Crippen LogP contribution in [0.3, 0.4) is 0 Å². The first-order valence-corrected chi connectivity index (χ1v) is 10.9. The van der Waals surface area contributed by atoms with Crippen molar-refractivity contribution in [3.8, 4) is 5.75 Å². The molecule has 5 rings (SSSR count). The summed E-state index contributed by atoms with van der Waals surface area (Å²) < 4.78 is 28.7. The number of carbonyl (C=O) groups is 3. The molecule has 1 aliphatic rings. The number of amides is 2. The smallest absolute Gasteiger partial charge is 0.338 e. The van der Waals surface area contributed by atoms with E-state index in [0.717, 1.165) is 10.5 Å². The minimum absolute atomic E-state index is 0.0264. The predicted octanol–water partition coefficient (Wildman–Crippen LogP) is 4.25. The van der Waals surface area contributed by atoms with Crippen LogP contribution in [-0.4, -0.2) is 27.9 Å². The normalized spacial score (nSPS) is 12.6. The van der Waals surface area contributed by atoms with Crippen molar-refractivity contribution in [2.45, 2.75) is 20.1 Å². The summed E-state index contributed by atoms with van der Waals surface area (Å²) in [5.41, 5.74) is 1.69. The standard InChI is InChI=1S/C26H18FN3O6/c1-15-4-2-3-5-21(15)30-24(31)19-11-6-16(12-20(19)25(30)32)26(33)35-14-23-28-22(29-36-23)13-34-18-9-7-17(27)8-10-18/h2-12H,13-14H2,1H3. The molecular weight excluding hydrogens is 469 g/mol. The summed E-state index contributed by atoms with van der Waals surface area (Å²) in [6.45, 7) is 1.47. The van der Waals surface area contributed by atoms with Gasteiger partial charge in [-0.05, 0) is 61.0 Å². The van der Waals surface area contributed by atoms with Gasteiger partial charge in [-0.25, -0.2) is 14.1 Å². The van der Waals surface area contributed by atoms with Crippen LogP contribution in [-0.2, 0) is 18.0 Å². The number of anilines is 1. The van der Waals surface area contributed by atoms with E-state index in [9.17, 15) is 18.8 Å². The van der Waals surface area contributed by atoms with E-state index in [-0.39, 0.29) is 47.4 Å². The average molecular weight is 487 g/mol. The van der Waals surface area contributed by atoms with Crippen LogP contribution in [0.25, 0.3) is 0 Å². The summed E-state index contributed by atoms with van der Waals surface area (Å²) in [4.78, 5) is 43.6. The van der Waals surface area contributed by atoms with Crippen LogP contribution < -0.4 is 9.64 Å². The van der Waals surface area contributed by atoms with E-state index in [2.05, 4.69) is 10.1 Å². The van der Waals surface area contributed by atoms with Gasteiger partial charge >= 0.3 is 5.97 Å². The number of rotatable bonds is 7. The molecule has 36 heavy (non-hydrogen) atoms. The van der Waals surface area contributed by atoms with Crippen molar-refractivity contribution in [1.29, 1.82) is 0 Å². The van der Waals surface area contributed by atoms with Crippen LogP contribution in [0.15, 0.2) is 71.3 Å². The molecule has 1 aromatic heterocycles. The lowest BCUT2D eigenvalue weighted by atomic mass is 10.1. The number of hydrogen-bond acceptors (Lipinski definition) is 8. The Morgan fingerprint density at radius 1 is 0.972 bits per heavy atom. The van der Waals surface area contributed by atoms with Gasteiger partial charge in [-0.3, -0.25) is 9.59 Å². The molecule has 0 bridgehead atoms. The van der Waals surface area contributed by atoms with Gasteiger partial charge < -0.3 is 14.0 Å². The first-order valence-electron chi connectivity index (χ1n) is 10.9. The molecule has 0 aliphatic carbocycles. The molecule has 0 radical (unpaired) electrons. The van der Waals surface area contributed by atoms with Crippen molar-refractivity contribution < 1.29 is 32.8 Å². The maximum Gasteiger partial charge on any atom is 0.338 e. The number of halogens is 1. The highest BCUT2D eigenvalue weighted by Gasteiger charge is 2.37. The van der Waals surface area contributed by atoms with Crippen LogP contribution in [0.4, 0.5) is 10.1 Å². The number of hydrogen-bond donors (Lipinski definition) is 0. The van der Waals surface area contributed by atoms with Gasteiger partial charge in [0.2, 0.25) is 5.82 Å². The van der Waals surface area contributed by atoms with E-state index in [0.29, 0.717) is 11.4 Å². The molecule has 0 N–H and O–H groups in total. The fourth-order valence-electron chi connectivity index (χ4n) is 3.70. The minimum atomic E-state index is -0.727. The van der Waals surface area contributed by atoms with Crippen molar-refractivity contribution in [2.75, 3.05) is 4.90 Å². The highest BCUT2D eigenvalue weighted by Crippen LogP contribution is 2.31. The van der Waals surface area contributed by atoms with Gasteiger partial charge in [-0.1, -0.05) is 23.4 Å². The van der Waals surface area contributed by atoms with Gasteiger partial charge in [-0.2, -0.15) is 4.98 Å². The van der Waals surface area contributed by atoms with Gasteiger partial charge in [0.05, 0.1) is 22.4 Å². The van der Waals surface area contributed by atoms with E-state index < -0.39 is 17.8 Å². The second-order valence-corrected chi connectivity index (χ2v) is 7.92. The second-order valence-electron chi connectivity index (χ2n) is 7.92. The fraction of sp³-hybridized carbons (Fsp3) is 0.115. The monoisotopic (exact) mass is 487 g/mol. The lowest BCUT2D eigenvalue weighted by Gasteiger charge is -2.16. The Kier molecular flexibility index (Phi) is 5.99. The number of para-hydroxylation sites is 1. The molecule has 1 aliphatic heterocycles. The van der Waals surface area contributed by atoms with Crippen LogP contribution >= 0.6 is 0 Å². The highest BCUT2D eigenvalue weighted by atomic mass is 19.1. The Hall–Kier alpha value is -4.86. The number of ether oxygens (including phenoxy) is 2. The van der Waals surface area contributed by atoms with Crippen LogP contribution in [0.5, 0.6) is 5.75 Å². The molecule has 10 heteroatoms. The zero-order valence-corrected chi connectivity index (χ0v) is 18.9. The summed E-state index contributed by atoms with van der Waals surface area (Å²) in [5, 5.41) is 3.75. The topological polar surface area (TPSA) is 112 Å². The molecule has 0 saturated heterocycles. The van der Waals surface area contributed by atoms with E-state index in [4.69, 9.17) is 14.0 Å². The molecule has 0 saturated carbocycles. The third-order valence-corrected chi connectivity index (χ3v) is 5.50. The molecule has 4 aromatic rings. The predicted molar refractivity (Wildman–Crippen MR) is 123 cm³/mol. The van der Waals surface area contributed by atoms with Crippen molar-refractivity contribution in [2.24, 2.45) is 0 Å². The van der Waals surface area contributed by atoms with Crippen molar-refractivity contribution >= 4 is 23.5 Å². The van der Waals surface area contributed by atoms with E-state index in [1.54, 1.807) is 25.1 Å². The summed E-state index contributed by atoms with van der Waals surface area (Å²) in [6.07, 6.45) is 0. The third-order valence-electron chi connectivity index (χ3n) is 5.50. The molecule has 0 atom stereocenters. The summed E-state index contributed by atoms with van der Waals surface area (Å²) in [6, 6.07) is 16.7. The third kappa shape index (κ3) is 4.43. The maximum absolute atomic E-state index is 13.0. The first-order chi connectivity index (χ1) is 17.4. The summed E-state index contributed by atoms with van der Waals surface area (Å²) in [5.74, 6) is -1.39. The first kappa shape index (κ1) is 22.9. The van der Waals surface area contributed by atoms with Gasteiger partial charge in [0.25, 0.3) is 17.7 Å². The second kappa shape index (κ2) is 9.41. The van der Waals surface area contributed by atoms with E-state index in [1.807, 2.05) is 6.07 Å². The Morgan fingerprint density at radius 3 is 2.50 bits per heavy atom. The quantitative estimate of drug-likeness (QED) is 0.281. The number of benzene rings is 3. The van der Waals surface area contributed by atoms with Gasteiger partial charge in [0, 0.05) is 0 Å². The Labute approximate surface area is 204 Å². The Balaban J connectivity index is 1.22. The molecule has 0 spiro atoms. The molecule has 180 valence electrons. The lowest BCUT2D eigenvalue weighted by Crippen LogP contribution is -2.29. The zero-order valence-electron chi connectivity index (χ0n) is 18.9. The molecule has 2 amide bonds. The van der Waals surface area contributed by atoms with Gasteiger partial charge in [0.15, 0.2) is 13.2 Å². The van der Waals surface area contributed by atoms with Crippen molar-refractivity contribution in [3.05, 3.63) is 107 Å². The Morgan fingerprint density at radius 2 is 1.72 bits per heavy atom. The molecular formula is C26H18FN3O6. The number of imide groups is 1. The van der Waals surface area contributed by atoms with Gasteiger partial charge in [0.1, 0.15) is 11.6 Å². The Bertz CT molecular complexity index is 1480. The lowest BCUT2D eigenvalue weighted by molar-refractivity contribution is 0.0429. The van der Waals surface area contributed by atoms with E-state index >= 15 is 0 Å². The van der Waals surface area contributed by atoms with Gasteiger partial charge in [-0.15, -0.1) is 0 Å². The highest BCUT2D eigenvalue weighted by molar-refractivity contribution is 6.34. The number of carbonyl (C=O) groups excluding carboxylic acids is 3. The molecule has 0 unspecified atom stereocenters. The molecule has 2 heterocycles. The molecule has 3 aromatic carbocycles. The number of aryl methyl sites for hydroxylation is 1. The SMILES string of the molecule is Cc1ccccc1N1C(=O)c2ccc(C(=O)OCc3nc(COc4ccc(F)cc4)no3)cc2C1=O. The number of fused-ring (bicyclic) bond motifs is 1. The largest absolute Gasteiger partial charge is 0.485 e.